The van der Waals surface area contributed by atoms with Gasteiger partial charge in [0.05, 0.1) is 11.2 Å². The summed E-state index contributed by atoms with van der Waals surface area (Å²) in [7, 11) is 0. The van der Waals surface area contributed by atoms with Crippen LogP contribution in [0.3, 0.4) is 0 Å². The fourth-order valence-electron chi connectivity index (χ4n) is 2.16. The molecule has 2 rings (SSSR count). The van der Waals surface area contributed by atoms with Gasteiger partial charge in [0.2, 0.25) is 0 Å². The van der Waals surface area contributed by atoms with Gasteiger partial charge in [-0.2, -0.15) is 5.10 Å². The summed E-state index contributed by atoms with van der Waals surface area (Å²) < 4.78 is 2.08. The van der Waals surface area contributed by atoms with E-state index in [0.29, 0.717) is 0 Å². The van der Waals surface area contributed by atoms with Gasteiger partial charge in [0, 0.05) is 11.9 Å². The van der Waals surface area contributed by atoms with E-state index in [0.717, 1.165) is 12.2 Å². The van der Waals surface area contributed by atoms with Gasteiger partial charge in [0.1, 0.15) is 0 Å². The second-order valence-corrected chi connectivity index (χ2v) is 4.36. The molecule has 0 radical (unpaired) electrons. The molecule has 0 saturated heterocycles. The molecule has 2 heteroatoms. The van der Waals surface area contributed by atoms with E-state index in [1.807, 2.05) is 0 Å². The van der Waals surface area contributed by atoms with Crippen LogP contribution in [0.15, 0.2) is 18.2 Å². The first-order chi connectivity index (χ1) is 7.76. The molecule has 0 saturated carbocycles. The molecule has 16 heavy (non-hydrogen) atoms. The van der Waals surface area contributed by atoms with Gasteiger partial charge in [-0.3, -0.25) is 4.68 Å². The highest BCUT2D eigenvalue weighted by atomic mass is 15.3. The van der Waals surface area contributed by atoms with Crippen molar-refractivity contribution in [2.45, 2.75) is 46.6 Å². The summed E-state index contributed by atoms with van der Waals surface area (Å²) in [6.07, 6.45) is 3.71. The minimum Gasteiger partial charge on any atom is -0.265 e. The summed E-state index contributed by atoms with van der Waals surface area (Å²) in [6, 6.07) is 6.76. The Morgan fingerprint density at radius 3 is 2.75 bits per heavy atom. The van der Waals surface area contributed by atoms with E-state index in [9.17, 15) is 0 Å². The summed E-state index contributed by atoms with van der Waals surface area (Å²) in [6.45, 7) is 7.41. The Balaban J connectivity index is 2.41. The van der Waals surface area contributed by atoms with Gasteiger partial charge in [-0.05, 0) is 44.4 Å². The van der Waals surface area contributed by atoms with Crippen LogP contribution in [0.2, 0.25) is 0 Å². The van der Waals surface area contributed by atoms with E-state index in [2.05, 4.69) is 48.8 Å². The third-order valence-corrected chi connectivity index (χ3v) is 3.12. The number of aromatic nitrogens is 2. The van der Waals surface area contributed by atoms with Crippen LogP contribution in [0.5, 0.6) is 0 Å². The Morgan fingerprint density at radius 2 is 2.06 bits per heavy atom. The predicted octanol–water partition coefficient (Wildman–Crippen LogP) is 3.71. The van der Waals surface area contributed by atoms with Crippen LogP contribution in [0.1, 0.15) is 37.9 Å². The third-order valence-electron chi connectivity index (χ3n) is 3.12. The molecular weight excluding hydrogens is 196 g/mol. The molecule has 0 aliphatic heterocycles. The lowest BCUT2D eigenvalue weighted by Crippen LogP contribution is -1.95. The lowest BCUT2D eigenvalue weighted by atomic mass is 10.1. The first kappa shape index (κ1) is 11.2. The van der Waals surface area contributed by atoms with Crippen molar-refractivity contribution in [2.24, 2.45) is 0 Å². The second kappa shape index (κ2) is 4.69. The number of nitrogens with zero attached hydrogens (tertiary/aromatic N) is 2. The molecule has 1 aromatic heterocycles. The maximum Gasteiger partial charge on any atom is 0.0685 e. The average molecular weight is 216 g/mol. The van der Waals surface area contributed by atoms with Crippen LogP contribution in [0, 0.1) is 6.92 Å². The standard InChI is InChI=1S/C14H20N2/c1-4-6-7-12-8-9-14-13(10-12)11(3)15-16(14)5-2/h8-10H,4-7H2,1-3H3. The van der Waals surface area contributed by atoms with Crippen molar-refractivity contribution in [1.29, 1.82) is 0 Å². The molecule has 0 amide bonds. The van der Waals surface area contributed by atoms with Crippen molar-refractivity contribution in [1.82, 2.24) is 9.78 Å². The van der Waals surface area contributed by atoms with E-state index in [-0.39, 0.29) is 0 Å². The molecule has 0 aliphatic rings. The molecule has 1 heterocycles. The van der Waals surface area contributed by atoms with Gasteiger partial charge < -0.3 is 0 Å². The molecule has 0 fully saturated rings. The van der Waals surface area contributed by atoms with Gasteiger partial charge in [-0.1, -0.05) is 19.4 Å². The largest absolute Gasteiger partial charge is 0.265 e. The van der Waals surface area contributed by atoms with Gasteiger partial charge >= 0.3 is 0 Å². The van der Waals surface area contributed by atoms with Crippen LogP contribution < -0.4 is 0 Å². The van der Waals surface area contributed by atoms with Crippen LogP contribution in [0.4, 0.5) is 0 Å². The van der Waals surface area contributed by atoms with E-state index >= 15 is 0 Å². The van der Waals surface area contributed by atoms with Crippen molar-refractivity contribution in [3.63, 3.8) is 0 Å². The lowest BCUT2D eigenvalue weighted by molar-refractivity contribution is 0.676. The van der Waals surface area contributed by atoms with Crippen LogP contribution in [-0.4, -0.2) is 9.78 Å². The number of aryl methyl sites for hydroxylation is 3. The third kappa shape index (κ3) is 1.97. The highest BCUT2D eigenvalue weighted by Gasteiger charge is 2.06. The average Bonchev–Trinajstić information content (AvgIpc) is 2.63. The highest BCUT2D eigenvalue weighted by molar-refractivity contribution is 5.82. The number of fused-ring (bicyclic) bond motifs is 1. The molecule has 2 nitrogen and oxygen atoms in total. The normalized spacial score (nSPS) is 11.2. The van der Waals surface area contributed by atoms with E-state index in [1.165, 1.54) is 35.7 Å². The van der Waals surface area contributed by atoms with Crippen molar-refractivity contribution < 1.29 is 0 Å². The maximum atomic E-state index is 4.55. The fraction of sp³-hybridized carbons (Fsp3) is 0.500. The van der Waals surface area contributed by atoms with Crippen molar-refractivity contribution in [2.75, 3.05) is 0 Å². The Morgan fingerprint density at radius 1 is 1.25 bits per heavy atom. The Hall–Kier alpha value is -1.31. The summed E-state index contributed by atoms with van der Waals surface area (Å²) in [5.74, 6) is 0. The van der Waals surface area contributed by atoms with Crippen LogP contribution in [-0.2, 0) is 13.0 Å². The minimum atomic E-state index is 0.943. The highest BCUT2D eigenvalue weighted by Crippen LogP contribution is 2.20. The Kier molecular flexibility index (Phi) is 3.28. The molecule has 0 atom stereocenters. The molecule has 0 aliphatic carbocycles. The number of hydrogen-bond donors (Lipinski definition) is 0. The summed E-state index contributed by atoms with van der Waals surface area (Å²) >= 11 is 0. The fourth-order valence-corrected chi connectivity index (χ4v) is 2.16. The zero-order chi connectivity index (χ0) is 11.5. The van der Waals surface area contributed by atoms with E-state index in [4.69, 9.17) is 0 Å². The predicted molar refractivity (Wildman–Crippen MR) is 68.8 cm³/mol. The van der Waals surface area contributed by atoms with Gasteiger partial charge in [-0.15, -0.1) is 0 Å². The first-order valence-corrected chi connectivity index (χ1v) is 6.22. The smallest absolute Gasteiger partial charge is 0.0685 e. The lowest BCUT2D eigenvalue weighted by Gasteiger charge is -2.01. The molecule has 2 aromatic rings. The summed E-state index contributed by atoms with van der Waals surface area (Å²) in [5, 5.41) is 5.86. The molecular formula is C14H20N2. The Labute approximate surface area is 97.3 Å². The number of hydrogen-bond acceptors (Lipinski definition) is 1. The molecule has 1 aromatic carbocycles. The molecule has 86 valence electrons. The molecule has 0 N–H and O–H groups in total. The van der Waals surface area contributed by atoms with E-state index < -0.39 is 0 Å². The molecule has 0 spiro atoms. The van der Waals surface area contributed by atoms with Crippen molar-refractivity contribution >= 4 is 10.9 Å². The van der Waals surface area contributed by atoms with Gasteiger partial charge in [0.15, 0.2) is 0 Å². The number of benzene rings is 1. The summed E-state index contributed by atoms with van der Waals surface area (Å²) in [4.78, 5) is 0. The molecule has 0 unspecified atom stereocenters. The topological polar surface area (TPSA) is 17.8 Å². The number of rotatable bonds is 4. The van der Waals surface area contributed by atoms with Crippen molar-refractivity contribution in [3.05, 3.63) is 29.5 Å². The first-order valence-electron chi connectivity index (χ1n) is 6.22. The summed E-state index contributed by atoms with van der Waals surface area (Å²) in [5.41, 5.74) is 3.85. The van der Waals surface area contributed by atoms with Gasteiger partial charge in [-0.25, -0.2) is 0 Å². The van der Waals surface area contributed by atoms with E-state index in [1.54, 1.807) is 0 Å². The van der Waals surface area contributed by atoms with Crippen LogP contribution in [0.25, 0.3) is 10.9 Å². The quantitative estimate of drug-likeness (QED) is 0.762. The number of unbranched alkanes of at least 4 members (excludes halogenated alkanes) is 1. The minimum absolute atomic E-state index is 0.943. The zero-order valence-electron chi connectivity index (χ0n) is 10.5. The van der Waals surface area contributed by atoms with Crippen molar-refractivity contribution in [3.8, 4) is 0 Å². The second-order valence-electron chi connectivity index (χ2n) is 4.36. The van der Waals surface area contributed by atoms with Gasteiger partial charge in [0.25, 0.3) is 0 Å². The zero-order valence-corrected chi connectivity index (χ0v) is 10.5. The SMILES string of the molecule is CCCCc1ccc2c(c1)c(C)nn2CC. The monoisotopic (exact) mass is 216 g/mol. The van der Waals surface area contributed by atoms with Crippen LogP contribution >= 0.6 is 0 Å². The molecule has 0 bridgehead atoms. The maximum absolute atomic E-state index is 4.55. The Bertz CT molecular complexity index is 483.